The van der Waals surface area contributed by atoms with Crippen LogP contribution in [-0.2, 0) is 0 Å². The van der Waals surface area contributed by atoms with Crippen molar-refractivity contribution in [1.29, 1.82) is 0 Å². The zero-order chi connectivity index (χ0) is 8.39. The molecule has 0 bridgehead atoms. The Bertz CT molecular complexity index is 279. The first-order valence-electron chi connectivity index (χ1n) is 4.14. The molecule has 0 saturated heterocycles. The van der Waals surface area contributed by atoms with Gasteiger partial charge in [-0.2, -0.15) is 0 Å². The third-order valence-electron chi connectivity index (χ3n) is 2.04. The number of hydrogen-bond donors (Lipinski definition) is 1. The minimum atomic E-state index is 0.368. The maximum atomic E-state index is 3.21. The van der Waals surface area contributed by atoms with E-state index in [9.17, 15) is 0 Å². The van der Waals surface area contributed by atoms with Crippen molar-refractivity contribution in [3.8, 4) is 0 Å². The summed E-state index contributed by atoms with van der Waals surface area (Å²) >= 11 is 0. The van der Waals surface area contributed by atoms with E-state index >= 15 is 0 Å². The molecule has 62 valence electrons. The summed E-state index contributed by atoms with van der Waals surface area (Å²) < 4.78 is 0. The summed E-state index contributed by atoms with van der Waals surface area (Å²) in [6.45, 7) is 2.13. The second kappa shape index (κ2) is 2.89. The molecule has 0 aromatic heterocycles. The van der Waals surface area contributed by atoms with Gasteiger partial charge in [0, 0.05) is 18.1 Å². The van der Waals surface area contributed by atoms with Gasteiger partial charge in [0.25, 0.3) is 0 Å². The van der Waals surface area contributed by atoms with Gasteiger partial charge >= 0.3 is 0 Å². The van der Waals surface area contributed by atoms with Gasteiger partial charge in [0.05, 0.1) is 6.17 Å². The molecule has 0 radical (unpaired) electrons. The Hall–Kier alpha value is -1.44. The Balaban J connectivity index is 2.25. The van der Waals surface area contributed by atoms with E-state index in [1.807, 2.05) is 24.4 Å². The summed E-state index contributed by atoms with van der Waals surface area (Å²) in [5.41, 5.74) is 1.23. The van der Waals surface area contributed by atoms with E-state index in [0.29, 0.717) is 6.17 Å². The SMILES string of the molecule is CC1NC=CN1c1ccccc1. The van der Waals surface area contributed by atoms with Gasteiger partial charge in [-0.15, -0.1) is 0 Å². The normalized spacial score (nSPS) is 21.1. The monoisotopic (exact) mass is 160 g/mol. The van der Waals surface area contributed by atoms with Crippen LogP contribution in [0.15, 0.2) is 42.7 Å². The predicted octanol–water partition coefficient (Wildman–Crippen LogP) is 1.91. The fraction of sp³-hybridized carbons (Fsp3) is 0.200. The molecule has 2 rings (SSSR count). The van der Waals surface area contributed by atoms with Gasteiger partial charge < -0.3 is 10.2 Å². The van der Waals surface area contributed by atoms with Crippen molar-refractivity contribution in [2.45, 2.75) is 13.1 Å². The van der Waals surface area contributed by atoms with E-state index in [1.165, 1.54) is 5.69 Å². The van der Waals surface area contributed by atoms with Crippen LogP contribution in [0.2, 0.25) is 0 Å². The molecule has 0 fully saturated rings. The van der Waals surface area contributed by atoms with Crippen molar-refractivity contribution < 1.29 is 0 Å². The summed E-state index contributed by atoms with van der Waals surface area (Å²) in [5, 5.41) is 3.21. The lowest BCUT2D eigenvalue weighted by atomic mass is 10.3. The minimum Gasteiger partial charge on any atom is -0.370 e. The predicted molar refractivity (Wildman–Crippen MR) is 50.7 cm³/mol. The van der Waals surface area contributed by atoms with Gasteiger partial charge in [0.2, 0.25) is 0 Å². The number of benzene rings is 1. The smallest absolute Gasteiger partial charge is 0.1000 e. The summed E-state index contributed by atoms with van der Waals surface area (Å²) in [4.78, 5) is 2.19. The molecular weight excluding hydrogens is 148 g/mol. The highest BCUT2D eigenvalue weighted by molar-refractivity contribution is 5.50. The number of nitrogens with zero attached hydrogens (tertiary/aromatic N) is 1. The van der Waals surface area contributed by atoms with Gasteiger partial charge in [0.15, 0.2) is 0 Å². The van der Waals surface area contributed by atoms with Crippen LogP contribution >= 0.6 is 0 Å². The standard InChI is InChI=1S/C10H12N2/c1-9-11-7-8-12(9)10-5-3-2-4-6-10/h2-9,11H,1H3. The van der Waals surface area contributed by atoms with Crippen LogP contribution in [0.4, 0.5) is 5.69 Å². The van der Waals surface area contributed by atoms with Gasteiger partial charge in [0.1, 0.15) is 0 Å². The van der Waals surface area contributed by atoms with Crippen LogP contribution in [0, 0.1) is 0 Å². The third-order valence-corrected chi connectivity index (χ3v) is 2.04. The van der Waals surface area contributed by atoms with Crippen LogP contribution in [0.3, 0.4) is 0 Å². The molecule has 12 heavy (non-hydrogen) atoms. The van der Waals surface area contributed by atoms with Crippen molar-refractivity contribution in [2.75, 3.05) is 4.90 Å². The fourth-order valence-corrected chi connectivity index (χ4v) is 1.38. The molecule has 1 N–H and O–H groups in total. The van der Waals surface area contributed by atoms with Crippen molar-refractivity contribution in [2.24, 2.45) is 0 Å². The molecule has 2 heteroatoms. The first-order valence-corrected chi connectivity index (χ1v) is 4.14. The number of anilines is 1. The number of rotatable bonds is 1. The summed E-state index contributed by atoms with van der Waals surface area (Å²) in [6.07, 6.45) is 4.39. The van der Waals surface area contributed by atoms with Crippen LogP contribution < -0.4 is 10.2 Å². The molecule has 1 aliphatic heterocycles. The Morgan fingerprint density at radius 3 is 2.58 bits per heavy atom. The highest BCUT2D eigenvalue weighted by Gasteiger charge is 2.13. The average Bonchev–Trinajstić information content (AvgIpc) is 2.53. The lowest BCUT2D eigenvalue weighted by molar-refractivity contribution is 0.684. The van der Waals surface area contributed by atoms with Crippen molar-refractivity contribution >= 4 is 5.69 Å². The highest BCUT2D eigenvalue weighted by atomic mass is 15.3. The van der Waals surface area contributed by atoms with E-state index < -0.39 is 0 Å². The van der Waals surface area contributed by atoms with E-state index in [-0.39, 0.29) is 0 Å². The molecule has 1 atom stereocenters. The number of para-hydroxylation sites is 1. The molecule has 0 spiro atoms. The lowest BCUT2D eigenvalue weighted by Gasteiger charge is -2.21. The van der Waals surface area contributed by atoms with E-state index in [1.54, 1.807) is 0 Å². The first-order chi connectivity index (χ1) is 5.88. The number of hydrogen-bond acceptors (Lipinski definition) is 2. The Labute approximate surface area is 72.5 Å². The summed E-state index contributed by atoms with van der Waals surface area (Å²) in [7, 11) is 0. The molecule has 0 aliphatic carbocycles. The Kier molecular flexibility index (Phi) is 1.74. The molecule has 1 aromatic rings. The second-order valence-corrected chi connectivity index (χ2v) is 2.90. The maximum absolute atomic E-state index is 3.21. The summed E-state index contributed by atoms with van der Waals surface area (Å²) in [5.74, 6) is 0. The van der Waals surface area contributed by atoms with Gasteiger partial charge in [-0.25, -0.2) is 0 Å². The van der Waals surface area contributed by atoms with Crippen molar-refractivity contribution in [3.63, 3.8) is 0 Å². The van der Waals surface area contributed by atoms with E-state index in [2.05, 4.69) is 35.5 Å². The molecule has 1 heterocycles. The molecule has 1 aliphatic rings. The van der Waals surface area contributed by atoms with Crippen LogP contribution in [0.25, 0.3) is 0 Å². The molecule has 0 amide bonds. The molecule has 1 aromatic carbocycles. The maximum Gasteiger partial charge on any atom is 0.1000 e. The summed E-state index contributed by atoms with van der Waals surface area (Å²) in [6, 6.07) is 10.3. The zero-order valence-electron chi connectivity index (χ0n) is 7.07. The van der Waals surface area contributed by atoms with Gasteiger partial charge in [-0.3, -0.25) is 0 Å². The van der Waals surface area contributed by atoms with Crippen molar-refractivity contribution in [3.05, 3.63) is 42.7 Å². The molecule has 1 unspecified atom stereocenters. The largest absolute Gasteiger partial charge is 0.370 e. The molecular formula is C10H12N2. The van der Waals surface area contributed by atoms with Gasteiger partial charge in [-0.05, 0) is 19.1 Å². The molecule has 2 nitrogen and oxygen atoms in total. The number of nitrogens with one attached hydrogen (secondary N) is 1. The van der Waals surface area contributed by atoms with Crippen LogP contribution in [0.5, 0.6) is 0 Å². The second-order valence-electron chi connectivity index (χ2n) is 2.90. The lowest BCUT2D eigenvalue weighted by Crippen LogP contribution is -2.31. The minimum absolute atomic E-state index is 0.368. The first kappa shape index (κ1) is 7.22. The van der Waals surface area contributed by atoms with Crippen LogP contribution in [-0.4, -0.2) is 6.17 Å². The van der Waals surface area contributed by atoms with Crippen molar-refractivity contribution in [1.82, 2.24) is 5.32 Å². The average molecular weight is 160 g/mol. The Morgan fingerprint density at radius 2 is 2.00 bits per heavy atom. The fourth-order valence-electron chi connectivity index (χ4n) is 1.38. The Morgan fingerprint density at radius 1 is 1.25 bits per heavy atom. The van der Waals surface area contributed by atoms with Gasteiger partial charge in [-0.1, -0.05) is 18.2 Å². The quantitative estimate of drug-likeness (QED) is 0.675. The van der Waals surface area contributed by atoms with Crippen LogP contribution in [0.1, 0.15) is 6.92 Å². The van der Waals surface area contributed by atoms with E-state index in [4.69, 9.17) is 0 Å². The highest BCUT2D eigenvalue weighted by Crippen LogP contribution is 2.17. The topological polar surface area (TPSA) is 15.3 Å². The molecule has 0 saturated carbocycles. The zero-order valence-corrected chi connectivity index (χ0v) is 7.07. The van der Waals surface area contributed by atoms with E-state index in [0.717, 1.165) is 0 Å². The third kappa shape index (κ3) is 1.16.